The highest BCUT2D eigenvalue weighted by atomic mass is 16.5. The highest BCUT2D eigenvalue weighted by Gasteiger charge is 2.55. The minimum absolute atomic E-state index is 0.141. The van der Waals surface area contributed by atoms with Gasteiger partial charge in [0, 0.05) is 19.0 Å². The van der Waals surface area contributed by atoms with Crippen molar-refractivity contribution in [3.8, 4) is 5.75 Å². The molecule has 5 nitrogen and oxygen atoms in total. The second-order valence-corrected chi connectivity index (χ2v) is 5.99. The standard InChI is InChI=1S/C14H16BN3O2/c1-13(2)7-14(11(19)18(3)12(16)17-14)9-6-8(15)4-5-10(9)20-13/h4-6H,7H2,1-3H3,(H2,16,17). The van der Waals surface area contributed by atoms with Crippen LogP contribution in [0.4, 0.5) is 0 Å². The number of likely N-dealkylation sites (N-methyl/N-ethyl adjacent to an activating group) is 1. The molecule has 2 heterocycles. The maximum absolute atomic E-state index is 12.7. The van der Waals surface area contributed by atoms with E-state index in [1.807, 2.05) is 13.8 Å². The van der Waals surface area contributed by atoms with E-state index in [0.717, 1.165) is 0 Å². The van der Waals surface area contributed by atoms with Crippen LogP contribution in [-0.2, 0) is 10.3 Å². The van der Waals surface area contributed by atoms with Gasteiger partial charge in [-0.25, -0.2) is 4.99 Å². The number of carbonyl (C=O) groups excluding carboxylic acids is 1. The lowest BCUT2D eigenvalue weighted by Crippen LogP contribution is -2.49. The molecule has 1 aromatic carbocycles. The van der Waals surface area contributed by atoms with E-state index >= 15 is 0 Å². The summed E-state index contributed by atoms with van der Waals surface area (Å²) in [4.78, 5) is 18.5. The quantitative estimate of drug-likeness (QED) is 0.675. The van der Waals surface area contributed by atoms with Gasteiger partial charge in [0.2, 0.25) is 0 Å². The van der Waals surface area contributed by atoms with Gasteiger partial charge in [-0.3, -0.25) is 9.69 Å². The zero-order valence-corrected chi connectivity index (χ0v) is 11.8. The molecular weight excluding hydrogens is 253 g/mol. The zero-order chi connectivity index (χ0) is 14.7. The number of amides is 1. The Morgan fingerprint density at radius 3 is 2.75 bits per heavy atom. The lowest BCUT2D eigenvalue weighted by Gasteiger charge is -2.41. The van der Waals surface area contributed by atoms with Crippen LogP contribution in [0.5, 0.6) is 5.75 Å². The van der Waals surface area contributed by atoms with E-state index in [0.29, 0.717) is 23.2 Å². The Morgan fingerprint density at radius 2 is 2.15 bits per heavy atom. The fourth-order valence-corrected chi connectivity index (χ4v) is 3.00. The third kappa shape index (κ3) is 1.64. The maximum atomic E-state index is 12.7. The van der Waals surface area contributed by atoms with Crippen LogP contribution in [0.15, 0.2) is 23.2 Å². The normalized spacial score (nSPS) is 27.2. The summed E-state index contributed by atoms with van der Waals surface area (Å²) in [6.45, 7) is 3.87. The van der Waals surface area contributed by atoms with Crippen LogP contribution in [0.25, 0.3) is 0 Å². The number of hydrogen-bond donors (Lipinski definition) is 1. The van der Waals surface area contributed by atoms with Crippen molar-refractivity contribution in [1.29, 1.82) is 0 Å². The highest BCUT2D eigenvalue weighted by molar-refractivity contribution is 6.32. The molecule has 1 amide bonds. The van der Waals surface area contributed by atoms with Crippen molar-refractivity contribution in [3.05, 3.63) is 23.8 Å². The molecule has 0 saturated carbocycles. The minimum Gasteiger partial charge on any atom is -0.487 e. The predicted molar refractivity (Wildman–Crippen MR) is 77.2 cm³/mol. The van der Waals surface area contributed by atoms with Crippen LogP contribution < -0.4 is 15.9 Å². The third-order valence-corrected chi connectivity index (χ3v) is 3.82. The van der Waals surface area contributed by atoms with Gasteiger partial charge in [-0.1, -0.05) is 17.6 Å². The molecule has 0 saturated heterocycles. The van der Waals surface area contributed by atoms with Gasteiger partial charge in [-0.2, -0.15) is 0 Å². The molecule has 1 unspecified atom stereocenters. The van der Waals surface area contributed by atoms with E-state index in [-0.39, 0.29) is 11.9 Å². The molecule has 0 aliphatic carbocycles. The average molecular weight is 269 g/mol. The number of nitrogens with two attached hydrogens (primary N) is 1. The summed E-state index contributed by atoms with van der Waals surface area (Å²) in [5, 5.41) is 0. The number of guanidine groups is 1. The van der Waals surface area contributed by atoms with Crippen molar-refractivity contribution in [1.82, 2.24) is 4.90 Å². The molecule has 20 heavy (non-hydrogen) atoms. The molecule has 0 bridgehead atoms. The predicted octanol–water partition coefficient (Wildman–Crippen LogP) is 0.0235. The number of hydrogen-bond acceptors (Lipinski definition) is 4. The van der Waals surface area contributed by atoms with Crippen molar-refractivity contribution in [2.24, 2.45) is 10.7 Å². The fourth-order valence-electron chi connectivity index (χ4n) is 3.00. The van der Waals surface area contributed by atoms with Gasteiger partial charge in [0.25, 0.3) is 5.91 Å². The van der Waals surface area contributed by atoms with Crippen LogP contribution in [0.2, 0.25) is 0 Å². The lowest BCUT2D eigenvalue weighted by molar-refractivity contribution is -0.133. The van der Waals surface area contributed by atoms with Crippen molar-refractivity contribution in [2.45, 2.75) is 31.4 Å². The summed E-state index contributed by atoms with van der Waals surface area (Å²) in [5.74, 6) is 0.718. The van der Waals surface area contributed by atoms with E-state index in [2.05, 4.69) is 4.99 Å². The third-order valence-electron chi connectivity index (χ3n) is 3.82. The maximum Gasteiger partial charge on any atom is 0.261 e. The van der Waals surface area contributed by atoms with Gasteiger partial charge < -0.3 is 10.5 Å². The van der Waals surface area contributed by atoms with E-state index in [9.17, 15) is 4.79 Å². The number of aliphatic imine (C=N–C) groups is 1. The van der Waals surface area contributed by atoms with Crippen LogP contribution in [-0.4, -0.2) is 37.3 Å². The second kappa shape index (κ2) is 3.78. The molecule has 102 valence electrons. The van der Waals surface area contributed by atoms with Crippen LogP contribution in [0.3, 0.4) is 0 Å². The summed E-state index contributed by atoms with van der Waals surface area (Å²) in [6, 6.07) is 5.28. The number of carbonyl (C=O) groups is 1. The number of benzene rings is 1. The first-order chi connectivity index (χ1) is 9.25. The zero-order valence-electron chi connectivity index (χ0n) is 11.8. The smallest absolute Gasteiger partial charge is 0.261 e. The number of fused-ring (bicyclic) bond motifs is 2. The Morgan fingerprint density at radius 1 is 1.45 bits per heavy atom. The Balaban J connectivity index is 2.27. The summed E-state index contributed by atoms with van der Waals surface area (Å²) in [6.07, 6.45) is 0.431. The van der Waals surface area contributed by atoms with Crippen molar-refractivity contribution < 1.29 is 9.53 Å². The molecule has 0 aromatic heterocycles. The van der Waals surface area contributed by atoms with Gasteiger partial charge >= 0.3 is 0 Å². The first-order valence-corrected chi connectivity index (χ1v) is 6.48. The van der Waals surface area contributed by atoms with Gasteiger partial charge in [0.1, 0.15) is 19.2 Å². The number of ether oxygens (including phenoxy) is 1. The Hall–Kier alpha value is -1.98. The Kier molecular flexibility index (Phi) is 2.46. The van der Waals surface area contributed by atoms with E-state index in [1.165, 1.54) is 4.90 Å². The summed E-state index contributed by atoms with van der Waals surface area (Å²) in [7, 11) is 7.48. The molecule has 3 rings (SSSR count). The Bertz CT molecular complexity index is 641. The molecule has 6 heteroatoms. The molecule has 1 spiro atoms. The summed E-state index contributed by atoms with van der Waals surface area (Å²) < 4.78 is 5.94. The molecule has 1 aromatic rings. The monoisotopic (exact) mass is 269 g/mol. The molecule has 2 aliphatic rings. The van der Waals surface area contributed by atoms with Gasteiger partial charge in [-0.05, 0) is 19.9 Å². The minimum atomic E-state index is -1.02. The van der Waals surface area contributed by atoms with Crippen LogP contribution in [0.1, 0.15) is 25.8 Å². The fraction of sp³-hybridized carbons (Fsp3) is 0.429. The largest absolute Gasteiger partial charge is 0.487 e. The van der Waals surface area contributed by atoms with E-state index in [4.69, 9.17) is 18.3 Å². The highest BCUT2D eigenvalue weighted by Crippen LogP contribution is 2.48. The SMILES string of the molecule is [B]c1ccc2c(c1)C1(CC(C)(C)O2)N=C(N)N(C)C1=O. The number of rotatable bonds is 0. The molecule has 2 aliphatic heterocycles. The second-order valence-electron chi connectivity index (χ2n) is 5.99. The van der Waals surface area contributed by atoms with Crippen LogP contribution in [0, 0.1) is 0 Å². The first-order valence-electron chi connectivity index (χ1n) is 6.48. The molecule has 1 atom stereocenters. The summed E-state index contributed by atoms with van der Waals surface area (Å²) >= 11 is 0. The van der Waals surface area contributed by atoms with Gasteiger partial charge in [-0.15, -0.1) is 0 Å². The number of nitrogens with zero attached hydrogens (tertiary/aromatic N) is 2. The molecule has 0 fully saturated rings. The topological polar surface area (TPSA) is 67.9 Å². The molecule has 2 radical (unpaired) electrons. The average Bonchev–Trinajstić information content (AvgIpc) is 2.55. The lowest BCUT2D eigenvalue weighted by atomic mass is 9.76. The first kappa shape index (κ1) is 13.0. The van der Waals surface area contributed by atoms with Gasteiger partial charge in [0.15, 0.2) is 11.5 Å². The van der Waals surface area contributed by atoms with Crippen molar-refractivity contribution in [3.63, 3.8) is 0 Å². The van der Waals surface area contributed by atoms with Crippen molar-refractivity contribution >= 4 is 25.2 Å². The summed E-state index contributed by atoms with van der Waals surface area (Å²) in [5.41, 5.74) is 5.57. The van der Waals surface area contributed by atoms with Crippen molar-refractivity contribution in [2.75, 3.05) is 7.05 Å². The van der Waals surface area contributed by atoms with Crippen LogP contribution >= 0.6 is 0 Å². The van der Waals surface area contributed by atoms with E-state index in [1.54, 1.807) is 25.2 Å². The Labute approximate surface area is 119 Å². The van der Waals surface area contributed by atoms with E-state index < -0.39 is 11.1 Å². The van der Waals surface area contributed by atoms with Gasteiger partial charge in [0.05, 0.1) is 0 Å². The molecular formula is C14H16BN3O2. The molecule has 2 N–H and O–H groups in total.